The maximum atomic E-state index is 11.0. The zero-order chi connectivity index (χ0) is 12.3. The fourth-order valence-corrected chi connectivity index (χ4v) is 2.53. The smallest absolute Gasteiger partial charge is 0.217 e. The van der Waals surface area contributed by atoms with E-state index in [1.165, 1.54) is 5.56 Å². The Morgan fingerprint density at radius 2 is 2.12 bits per heavy atom. The van der Waals surface area contributed by atoms with Gasteiger partial charge in [-0.2, -0.15) is 0 Å². The van der Waals surface area contributed by atoms with Crippen LogP contribution in [0.1, 0.15) is 25.8 Å². The van der Waals surface area contributed by atoms with Gasteiger partial charge >= 0.3 is 0 Å². The fourth-order valence-electron chi connectivity index (χ4n) is 2.53. The van der Waals surface area contributed by atoms with Crippen molar-refractivity contribution in [2.24, 2.45) is 0 Å². The van der Waals surface area contributed by atoms with Gasteiger partial charge in [0.25, 0.3) is 0 Å². The van der Waals surface area contributed by atoms with Crippen molar-refractivity contribution in [2.45, 2.75) is 38.9 Å². The van der Waals surface area contributed by atoms with Crippen molar-refractivity contribution >= 4 is 5.91 Å². The SMILES string of the molecule is CC(=O)N[C@H]1C[C@@H](C)N(Cc2ccccc2)C1. The van der Waals surface area contributed by atoms with E-state index >= 15 is 0 Å². The van der Waals surface area contributed by atoms with Gasteiger partial charge in [-0.3, -0.25) is 9.69 Å². The molecular weight excluding hydrogens is 212 g/mol. The Kier molecular flexibility index (Phi) is 3.79. The largest absolute Gasteiger partial charge is 0.352 e. The number of nitrogens with zero attached hydrogens (tertiary/aromatic N) is 1. The van der Waals surface area contributed by atoms with Gasteiger partial charge in [0.2, 0.25) is 5.91 Å². The van der Waals surface area contributed by atoms with Gasteiger partial charge in [0.15, 0.2) is 0 Å². The van der Waals surface area contributed by atoms with Crippen LogP contribution >= 0.6 is 0 Å². The number of amides is 1. The van der Waals surface area contributed by atoms with Crippen LogP contribution in [0.5, 0.6) is 0 Å². The summed E-state index contributed by atoms with van der Waals surface area (Å²) in [5, 5.41) is 3.01. The molecule has 0 aliphatic carbocycles. The van der Waals surface area contributed by atoms with E-state index in [0.717, 1.165) is 19.5 Å². The standard InChI is InChI=1S/C14H20N2O/c1-11-8-14(15-12(2)17)10-16(11)9-13-6-4-3-5-7-13/h3-7,11,14H,8-10H2,1-2H3,(H,15,17)/t11-,14+/m1/s1. The lowest BCUT2D eigenvalue weighted by molar-refractivity contribution is -0.119. The van der Waals surface area contributed by atoms with E-state index in [1.807, 2.05) is 6.07 Å². The number of likely N-dealkylation sites (tertiary alicyclic amines) is 1. The Bertz CT molecular complexity index is 377. The minimum Gasteiger partial charge on any atom is -0.352 e. The van der Waals surface area contributed by atoms with Gasteiger partial charge in [-0.25, -0.2) is 0 Å². The van der Waals surface area contributed by atoms with Gasteiger partial charge in [0.1, 0.15) is 0 Å². The Hall–Kier alpha value is -1.35. The molecule has 1 amide bonds. The van der Waals surface area contributed by atoms with E-state index < -0.39 is 0 Å². The Labute approximate surface area is 103 Å². The van der Waals surface area contributed by atoms with Gasteiger partial charge < -0.3 is 5.32 Å². The Balaban J connectivity index is 1.92. The molecule has 3 nitrogen and oxygen atoms in total. The third-order valence-electron chi connectivity index (χ3n) is 3.34. The quantitative estimate of drug-likeness (QED) is 0.861. The average Bonchev–Trinajstić information content (AvgIpc) is 2.59. The number of benzene rings is 1. The first-order valence-corrected chi connectivity index (χ1v) is 6.20. The third-order valence-corrected chi connectivity index (χ3v) is 3.34. The highest BCUT2D eigenvalue weighted by Gasteiger charge is 2.29. The van der Waals surface area contributed by atoms with Gasteiger partial charge in [-0.05, 0) is 18.9 Å². The third kappa shape index (κ3) is 3.30. The first-order valence-electron chi connectivity index (χ1n) is 6.20. The second kappa shape index (κ2) is 5.32. The van der Waals surface area contributed by atoms with Gasteiger partial charge in [-0.1, -0.05) is 30.3 Å². The predicted octanol–water partition coefficient (Wildman–Crippen LogP) is 1.79. The summed E-state index contributed by atoms with van der Waals surface area (Å²) in [6.45, 7) is 5.74. The highest BCUT2D eigenvalue weighted by molar-refractivity contribution is 5.73. The summed E-state index contributed by atoms with van der Waals surface area (Å²) in [4.78, 5) is 13.5. The number of hydrogen-bond acceptors (Lipinski definition) is 2. The van der Waals surface area contributed by atoms with Crippen LogP contribution < -0.4 is 5.32 Å². The van der Waals surface area contributed by atoms with Crippen molar-refractivity contribution < 1.29 is 4.79 Å². The van der Waals surface area contributed by atoms with Crippen LogP contribution in [0.4, 0.5) is 0 Å². The first-order chi connectivity index (χ1) is 8.15. The van der Waals surface area contributed by atoms with Crippen molar-refractivity contribution in [1.29, 1.82) is 0 Å². The number of nitrogens with one attached hydrogen (secondary N) is 1. The summed E-state index contributed by atoms with van der Waals surface area (Å²) in [6.07, 6.45) is 1.05. The highest BCUT2D eigenvalue weighted by Crippen LogP contribution is 2.20. The molecule has 3 heteroatoms. The van der Waals surface area contributed by atoms with Gasteiger partial charge in [0.05, 0.1) is 0 Å². The molecule has 1 fully saturated rings. The molecule has 1 saturated heterocycles. The zero-order valence-corrected chi connectivity index (χ0v) is 10.5. The van der Waals surface area contributed by atoms with Crippen molar-refractivity contribution in [1.82, 2.24) is 10.2 Å². The molecule has 1 heterocycles. The number of hydrogen-bond donors (Lipinski definition) is 1. The van der Waals surface area contributed by atoms with Gasteiger partial charge in [-0.15, -0.1) is 0 Å². The number of carbonyl (C=O) groups is 1. The highest BCUT2D eigenvalue weighted by atomic mass is 16.1. The van der Waals surface area contributed by atoms with Crippen molar-refractivity contribution in [3.63, 3.8) is 0 Å². The molecule has 0 aromatic heterocycles. The maximum absolute atomic E-state index is 11.0. The Morgan fingerprint density at radius 3 is 2.76 bits per heavy atom. The molecule has 0 spiro atoms. The molecule has 1 aliphatic rings. The molecule has 0 saturated carbocycles. The lowest BCUT2D eigenvalue weighted by atomic mass is 10.2. The molecule has 92 valence electrons. The van der Waals surface area contributed by atoms with Crippen LogP contribution in [0.2, 0.25) is 0 Å². The Morgan fingerprint density at radius 1 is 1.41 bits per heavy atom. The molecular formula is C14H20N2O. The second-order valence-electron chi connectivity index (χ2n) is 4.90. The summed E-state index contributed by atoms with van der Waals surface area (Å²) in [5.41, 5.74) is 1.34. The summed E-state index contributed by atoms with van der Waals surface area (Å²) < 4.78 is 0. The monoisotopic (exact) mass is 232 g/mol. The molecule has 0 unspecified atom stereocenters. The van der Waals surface area contributed by atoms with Crippen molar-refractivity contribution in [2.75, 3.05) is 6.54 Å². The zero-order valence-electron chi connectivity index (χ0n) is 10.5. The van der Waals surface area contributed by atoms with Crippen LogP contribution in [-0.4, -0.2) is 29.4 Å². The van der Waals surface area contributed by atoms with E-state index in [9.17, 15) is 4.79 Å². The van der Waals surface area contributed by atoms with Crippen LogP contribution in [0.25, 0.3) is 0 Å². The van der Waals surface area contributed by atoms with Gasteiger partial charge in [0, 0.05) is 32.1 Å². The minimum atomic E-state index is 0.0729. The van der Waals surface area contributed by atoms with Crippen molar-refractivity contribution in [3.8, 4) is 0 Å². The lowest BCUT2D eigenvalue weighted by Crippen LogP contribution is -2.35. The van der Waals surface area contributed by atoms with Crippen LogP contribution in [0.15, 0.2) is 30.3 Å². The molecule has 0 radical (unpaired) electrons. The topological polar surface area (TPSA) is 32.3 Å². The number of carbonyl (C=O) groups excluding carboxylic acids is 1. The maximum Gasteiger partial charge on any atom is 0.217 e. The molecule has 1 N–H and O–H groups in total. The first kappa shape index (κ1) is 12.1. The summed E-state index contributed by atoms with van der Waals surface area (Å²) in [6, 6.07) is 11.3. The van der Waals surface area contributed by atoms with E-state index in [1.54, 1.807) is 6.92 Å². The molecule has 2 rings (SSSR count). The molecule has 17 heavy (non-hydrogen) atoms. The molecule has 0 bridgehead atoms. The van der Waals surface area contributed by atoms with Crippen LogP contribution in [0, 0.1) is 0 Å². The van der Waals surface area contributed by atoms with E-state index in [2.05, 4.69) is 41.4 Å². The summed E-state index contributed by atoms with van der Waals surface area (Å²) in [5.74, 6) is 0.0729. The summed E-state index contributed by atoms with van der Waals surface area (Å²) >= 11 is 0. The predicted molar refractivity (Wildman–Crippen MR) is 68.5 cm³/mol. The average molecular weight is 232 g/mol. The van der Waals surface area contributed by atoms with Crippen molar-refractivity contribution in [3.05, 3.63) is 35.9 Å². The number of rotatable bonds is 3. The molecule has 1 aromatic carbocycles. The van der Waals surface area contributed by atoms with Crippen LogP contribution in [-0.2, 0) is 11.3 Å². The minimum absolute atomic E-state index is 0.0729. The van der Waals surface area contributed by atoms with E-state index in [-0.39, 0.29) is 5.91 Å². The fraction of sp³-hybridized carbons (Fsp3) is 0.500. The normalized spacial score (nSPS) is 24.8. The molecule has 2 atom stereocenters. The van der Waals surface area contributed by atoms with E-state index in [4.69, 9.17) is 0 Å². The summed E-state index contributed by atoms with van der Waals surface area (Å²) in [7, 11) is 0. The molecule has 1 aliphatic heterocycles. The second-order valence-corrected chi connectivity index (χ2v) is 4.90. The van der Waals surface area contributed by atoms with E-state index in [0.29, 0.717) is 12.1 Å². The molecule has 1 aromatic rings. The lowest BCUT2D eigenvalue weighted by Gasteiger charge is -2.20. The van der Waals surface area contributed by atoms with Crippen LogP contribution in [0.3, 0.4) is 0 Å².